The molecule has 0 saturated heterocycles. The molecule has 3 N–H and O–H groups in total. The minimum absolute atomic E-state index is 0.0309. The minimum Gasteiger partial charge on any atom is -0.505 e. The summed E-state index contributed by atoms with van der Waals surface area (Å²) < 4.78 is 50.1. The molecule has 0 amide bonds. The smallest absolute Gasteiger partial charge is 0.293 e. The van der Waals surface area contributed by atoms with Crippen molar-refractivity contribution in [1.29, 1.82) is 1.43 Å². The van der Waals surface area contributed by atoms with E-state index in [-0.39, 0.29) is 26.5 Å². The van der Waals surface area contributed by atoms with Crippen LogP contribution in [0.1, 0.15) is 33.4 Å². The quantitative estimate of drug-likeness (QED) is 0.621. The van der Waals surface area contributed by atoms with E-state index in [1.165, 1.54) is 24.4 Å². The lowest BCUT2D eigenvalue weighted by Gasteiger charge is -2.03. The lowest BCUT2D eigenvalue weighted by molar-refractivity contribution is 0.476. The first-order valence-corrected chi connectivity index (χ1v) is 6.27. The molecule has 0 radical (unpaired) electrons. The van der Waals surface area contributed by atoms with Gasteiger partial charge in [0.1, 0.15) is 0 Å². The highest BCUT2D eigenvalue weighted by molar-refractivity contribution is 6.37. The Morgan fingerprint density at radius 3 is 2.45 bits per heavy atom. The molecule has 0 aliphatic carbocycles. The SMILES string of the molecule is [2H]C([2H])([2H])C(c1ccnnc1Cl)C([2H])([2H])[2H].[2H]Oc1c(Cl)cc(N)cc1Cl. The summed E-state index contributed by atoms with van der Waals surface area (Å²) in [6, 6.07) is 4.20. The van der Waals surface area contributed by atoms with Crippen LogP contribution < -0.4 is 5.73 Å². The Labute approximate surface area is 142 Å². The number of anilines is 1. The van der Waals surface area contributed by atoms with Gasteiger partial charge in [-0.15, -0.1) is 5.10 Å². The van der Waals surface area contributed by atoms with E-state index in [1.807, 2.05) is 0 Å². The Bertz CT molecular complexity index is 749. The van der Waals surface area contributed by atoms with Gasteiger partial charge < -0.3 is 10.8 Å². The fraction of sp³-hybridized carbons (Fsp3) is 0.231. The number of nitrogen functional groups attached to an aromatic ring is 1. The number of hydrogen-bond donors (Lipinski definition) is 2. The number of benzene rings is 1. The Hall–Kier alpha value is -1.23. The number of nitrogens with two attached hydrogens (primary N) is 1. The second-order valence-electron chi connectivity index (χ2n) is 3.52. The molecule has 1 aromatic carbocycles. The number of phenols is 1. The van der Waals surface area contributed by atoms with Crippen LogP contribution in [0.25, 0.3) is 0 Å². The second kappa shape index (κ2) is 7.53. The Balaban J connectivity index is 0.000000289. The number of aromatic nitrogens is 2. The van der Waals surface area contributed by atoms with Crippen LogP contribution in [-0.2, 0) is 0 Å². The maximum Gasteiger partial charge on any atom is 0.293 e. The molecule has 0 aliphatic rings. The zero-order chi connectivity index (χ0) is 21.0. The van der Waals surface area contributed by atoms with Crippen molar-refractivity contribution in [3.05, 3.63) is 45.2 Å². The summed E-state index contributed by atoms with van der Waals surface area (Å²) in [7, 11) is 0. The first-order chi connectivity index (χ1) is 12.3. The average Bonchev–Trinajstić information content (AvgIpc) is 2.47. The largest absolute Gasteiger partial charge is 0.505 e. The predicted octanol–water partition coefficient (Wildman–Crippen LogP) is 4.53. The summed E-state index contributed by atoms with van der Waals surface area (Å²) in [5, 5.41) is 11.3. The molecular weight excluding hydrogens is 321 g/mol. The van der Waals surface area contributed by atoms with Gasteiger partial charge in [-0.3, -0.25) is 0 Å². The number of hydrogen-bond acceptors (Lipinski definition) is 4. The molecule has 0 aliphatic heterocycles. The zero-order valence-electron chi connectivity index (χ0n) is 16.9. The van der Waals surface area contributed by atoms with E-state index in [0.717, 1.165) is 0 Å². The Morgan fingerprint density at radius 2 is 1.95 bits per heavy atom. The Kier molecular flexibility index (Phi) is 3.36. The van der Waals surface area contributed by atoms with Crippen molar-refractivity contribution < 1.29 is 13.3 Å². The highest BCUT2D eigenvalue weighted by Gasteiger charge is 2.04. The summed E-state index contributed by atoms with van der Waals surface area (Å²) in [5.41, 5.74) is 5.81. The normalized spacial score (nSPS) is 16.3. The summed E-state index contributed by atoms with van der Waals surface area (Å²) in [6.07, 6.45) is 1.21. The van der Waals surface area contributed by atoms with E-state index in [4.69, 9.17) is 50.2 Å². The maximum absolute atomic E-state index is 7.25. The van der Waals surface area contributed by atoms with Gasteiger partial charge in [-0.2, -0.15) is 5.10 Å². The number of phenolic OH excluding ortho intramolecular Hbond substituents is 1. The summed E-state index contributed by atoms with van der Waals surface area (Å²) in [5.74, 6) is -1.52. The standard InChI is InChI=1S/C7H9ClN2.C6H5Cl2NO/c1-5(2)6-3-4-9-10-7(6)8;7-4-1-3(9)2-5(8)6(4)10/h3-5H,1-2H3;1-2,10H,9H2/i1D3,2D3;/hD. The number of nitrogens with zero attached hydrogens (tertiary/aromatic N) is 2. The van der Waals surface area contributed by atoms with Crippen LogP contribution in [0.15, 0.2) is 24.4 Å². The molecule has 0 fully saturated rings. The first kappa shape index (κ1) is 8.93. The van der Waals surface area contributed by atoms with Crippen LogP contribution in [0.4, 0.5) is 5.69 Å². The summed E-state index contributed by atoms with van der Waals surface area (Å²) in [6.45, 7) is -5.34. The Morgan fingerprint density at radius 1 is 1.30 bits per heavy atom. The molecule has 0 unspecified atom stereocenters. The van der Waals surface area contributed by atoms with Gasteiger partial charge in [0.05, 0.1) is 10.0 Å². The molecule has 0 bridgehead atoms. The molecule has 1 heterocycles. The van der Waals surface area contributed by atoms with E-state index in [1.54, 1.807) is 0 Å². The van der Waals surface area contributed by atoms with Crippen LogP contribution in [0.5, 0.6) is 5.75 Å². The second-order valence-corrected chi connectivity index (χ2v) is 4.70. The van der Waals surface area contributed by atoms with Gasteiger partial charge in [0.2, 0.25) is 0 Å². The molecule has 108 valence electrons. The van der Waals surface area contributed by atoms with E-state index in [0.29, 0.717) is 5.69 Å². The van der Waals surface area contributed by atoms with Crippen LogP contribution in [0, 0.1) is 0 Å². The van der Waals surface area contributed by atoms with E-state index in [2.05, 4.69) is 15.3 Å². The molecule has 2 aromatic rings. The third-order valence-corrected chi connectivity index (χ3v) is 2.89. The van der Waals surface area contributed by atoms with Gasteiger partial charge in [0, 0.05) is 20.1 Å². The molecule has 20 heavy (non-hydrogen) atoms. The van der Waals surface area contributed by atoms with Crippen molar-refractivity contribution in [3.8, 4) is 5.75 Å². The molecule has 7 heteroatoms. The fourth-order valence-corrected chi connectivity index (χ4v) is 1.84. The van der Waals surface area contributed by atoms with Crippen LogP contribution in [-0.4, -0.2) is 16.7 Å². The van der Waals surface area contributed by atoms with Crippen molar-refractivity contribution in [2.75, 3.05) is 5.73 Å². The zero-order valence-corrected chi connectivity index (χ0v) is 12.2. The molecule has 1 aromatic heterocycles. The van der Waals surface area contributed by atoms with Gasteiger partial charge in [0.15, 0.2) is 10.9 Å². The van der Waals surface area contributed by atoms with Crippen molar-refractivity contribution in [3.63, 3.8) is 0 Å². The van der Waals surface area contributed by atoms with Crippen molar-refractivity contribution in [2.24, 2.45) is 0 Å². The molecule has 0 atom stereocenters. The van der Waals surface area contributed by atoms with E-state index < -0.39 is 19.6 Å². The minimum atomic E-state index is -2.67. The molecule has 0 saturated carbocycles. The molecule has 4 nitrogen and oxygen atoms in total. The van der Waals surface area contributed by atoms with Gasteiger partial charge in [-0.1, -0.05) is 48.5 Å². The van der Waals surface area contributed by atoms with Gasteiger partial charge in [0.25, 0.3) is 1.43 Å². The summed E-state index contributed by atoms with van der Waals surface area (Å²) >= 11 is 16.9. The molecule has 2 rings (SSSR count). The molecule has 0 spiro atoms. The lowest BCUT2D eigenvalue weighted by Crippen LogP contribution is -1.92. The van der Waals surface area contributed by atoms with Crippen LogP contribution in [0.2, 0.25) is 15.2 Å². The third kappa shape index (κ3) is 4.71. The van der Waals surface area contributed by atoms with Crippen molar-refractivity contribution in [2.45, 2.75) is 19.6 Å². The third-order valence-electron chi connectivity index (χ3n) is 2.04. The van der Waals surface area contributed by atoms with Crippen LogP contribution >= 0.6 is 34.8 Å². The molecular formula is C13H14Cl3N3O. The number of rotatable bonds is 2. The van der Waals surface area contributed by atoms with E-state index >= 15 is 0 Å². The van der Waals surface area contributed by atoms with Crippen LogP contribution in [0.3, 0.4) is 0 Å². The lowest BCUT2D eigenvalue weighted by atomic mass is 10.1. The number of aromatic hydroxyl groups is 1. The maximum atomic E-state index is 7.25. The highest BCUT2D eigenvalue weighted by Crippen LogP contribution is 2.33. The number of halogens is 3. The average molecular weight is 342 g/mol. The highest BCUT2D eigenvalue weighted by atomic mass is 35.5. The van der Waals surface area contributed by atoms with Gasteiger partial charge in [-0.25, -0.2) is 0 Å². The van der Waals surface area contributed by atoms with Crippen molar-refractivity contribution >= 4 is 40.5 Å². The van der Waals surface area contributed by atoms with Crippen molar-refractivity contribution in [1.82, 2.24) is 10.2 Å². The summed E-state index contributed by atoms with van der Waals surface area (Å²) in [4.78, 5) is 0. The predicted molar refractivity (Wildman–Crippen MR) is 83.7 cm³/mol. The fourth-order valence-electron chi connectivity index (χ4n) is 1.12. The topological polar surface area (TPSA) is 72.0 Å². The van der Waals surface area contributed by atoms with E-state index in [9.17, 15) is 0 Å². The monoisotopic (exact) mass is 340 g/mol. The van der Waals surface area contributed by atoms with Gasteiger partial charge in [-0.05, 0) is 29.7 Å². The van der Waals surface area contributed by atoms with Gasteiger partial charge >= 0.3 is 0 Å². The first-order valence-electron chi connectivity index (χ1n) is 8.54.